The van der Waals surface area contributed by atoms with E-state index in [-0.39, 0.29) is 24.3 Å². The second-order valence-electron chi connectivity index (χ2n) is 6.67. The first-order valence-corrected chi connectivity index (χ1v) is 9.21. The zero-order chi connectivity index (χ0) is 18.1. The van der Waals surface area contributed by atoms with Gasteiger partial charge in [0.05, 0.1) is 19.1 Å². The predicted octanol–water partition coefficient (Wildman–Crippen LogP) is 3.73. The summed E-state index contributed by atoms with van der Waals surface area (Å²) in [5, 5.41) is 1.31. The summed E-state index contributed by atoms with van der Waals surface area (Å²) < 4.78 is 5.23. The Morgan fingerprint density at radius 2 is 1.88 bits per heavy atom. The molecule has 1 atom stereocenters. The van der Waals surface area contributed by atoms with Crippen LogP contribution < -0.4 is 0 Å². The Hall–Kier alpha value is -1.88. The maximum absolute atomic E-state index is 12.3. The molecule has 1 aromatic carbocycles. The molecule has 1 amide bonds. The molecule has 0 radical (unpaired) electrons. The zero-order valence-electron chi connectivity index (χ0n) is 15.3. The van der Waals surface area contributed by atoms with E-state index in [0.29, 0.717) is 19.1 Å². The number of carbonyl (C=O) groups excluding carboxylic acids is 2. The largest absolute Gasteiger partial charge is 0.466 e. The number of carbonyl (C=O) groups is 2. The van der Waals surface area contributed by atoms with Gasteiger partial charge in [-0.15, -0.1) is 0 Å². The smallest absolute Gasteiger partial charge is 0.310 e. The third-order valence-electron chi connectivity index (χ3n) is 4.68. The minimum atomic E-state index is -0.331. The molecule has 0 aromatic heterocycles. The second-order valence-corrected chi connectivity index (χ2v) is 6.67. The molecule has 0 bridgehead atoms. The lowest BCUT2D eigenvalue weighted by Gasteiger charge is -2.26. The molecule has 0 N–H and O–H groups in total. The van der Waals surface area contributed by atoms with Crippen LogP contribution in [-0.2, 0) is 25.8 Å². The third kappa shape index (κ3) is 6.50. The van der Waals surface area contributed by atoms with Gasteiger partial charge in [0.25, 0.3) is 0 Å². The average molecular weight is 347 g/mol. The van der Waals surface area contributed by atoms with E-state index in [1.807, 2.05) is 30.3 Å². The Morgan fingerprint density at radius 3 is 2.48 bits per heavy atom. The van der Waals surface area contributed by atoms with Crippen LogP contribution in [-0.4, -0.2) is 30.1 Å². The first kappa shape index (κ1) is 19.4. The normalized spacial score (nSPS) is 15.8. The van der Waals surface area contributed by atoms with Crippen LogP contribution in [0.3, 0.4) is 0 Å². The first-order chi connectivity index (χ1) is 12.1. The molecule has 0 heterocycles. The summed E-state index contributed by atoms with van der Waals surface area (Å²) in [5.41, 5.74) is 0.984. The van der Waals surface area contributed by atoms with E-state index in [0.717, 1.165) is 24.8 Å². The van der Waals surface area contributed by atoms with E-state index in [2.05, 4.69) is 0 Å². The van der Waals surface area contributed by atoms with Crippen LogP contribution in [0.5, 0.6) is 0 Å². The summed E-state index contributed by atoms with van der Waals surface area (Å²) in [6.07, 6.45) is 5.52. The molecule has 0 saturated heterocycles. The van der Waals surface area contributed by atoms with Crippen molar-refractivity contribution in [1.82, 2.24) is 5.06 Å². The van der Waals surface area contributed by atoms with Gasteiger partial charge in [-0.2, -0.15) is 0 Å². The van der Waals surface area contributed by atoms with Gasteiger partial charge in [-0.25, -0.2) is 5.06 Å². The number of benzene rings is 1. The van der Waals surface area contributed by atoms with Gasteiger partial charge in [-0.05, 0) is 24.8 Å². The molecule has 0 aliphatic heterocycles. The quantitative estimate of drug-likeness (QED) is 0.504. The summed E-state index contributed by atoms with van der Waals surface area (Å²) in [6.45, 7) is 4.17. The summed E-state index contributed by atoms with van der Waals surface area (Å²) in [7, 11) is 0. The molecule has 25 heavy (non-hydrogen) atoms. The first-order valence-electron chi connectivity index (χ1n) is 9.21. The van der Waals surface area contributed by atoms with Gasteiger partial charge >= 0.3 is 5.97 Å². The Labute approximate surface area is 150 Å². The zero-order valence-corrected chi connectivity index (χ0v) is 15.3. The molecular weight excluding hydrogens is 318 g/mol. The van der Waals surface area contributed by atoms with Crippen LogP contribution in [0.15, 0.2) is 30.3 Å². The van der Waals surface area contributed by atoms with Crippen molar-refractivity contribution in [2.75, 3.05) is 13.2 Å². The summed E-state index contributed by atoms with van der Waals surface area (Å²) in [4.78, 5) is 30.0. The van der Waals surface area contributed by atoms with Crippen molar-refractivity contribution in [3.63, 3.8) is 0 Å². The summed E-state index contributed by atoms with van der Waals surface area (Å²) >= 11 is 0. The minimum Gasteiger partial charge on any atom is -0.466 e. The van der Waals surface area contributed by atoms with Gasteiger partial charge < -0.3 is 4.74 Å². The number of ether oxygens (including phenoxy) is 1. The average Bonchev–Trinajstić information content (AvgIpc) is 3.11. The minimum absolute atomic E-state index is 0.198. The van der Waals surface area contributed by atoms with Crippen molar-refractivity contribution in [2.45, 2.75) is 52.6 Å². The van der Waals surface area contributed by atoms with Gasteiger partial charge in [-0.1, -0.05) is 56.0 Å². The van der Waals surface area contributed by atoms with Crippen molar-refractivity contribution >= 4 is 11.9 Å². The number of hydrogen-bond acceptors (Lipinski definition) is 4. The van der Waals surface area contributed by atoms with Gasteiger partial charge in [-0.3, -0.25) is 14.4 Å². The van der Waals surface area contributed by atoms with Crippen molar-refractivity contribution in [2.24, 2.45) is 11.8 Å². The molecule has 1 saturated carbocycles. The summed E-state index contributed by atoms with van der Waals surface area (Å²) in [6, 6.07) is 9.68. The van der Waals surface area contributed by atoms with E-state index in [4.69, 9.17) is 9.57 Å². The molecule has 1 fully saturated rings. The van der Waals surface area contributed by atoms with Crippen molar-refractivity contribution in [3.8, 4) is 0 Å². The van der Waals surface area contributed by atoms with Gasteiger partial charge in [0.2, 0.25) is 5.91 Å². The SMILES string of the molecule is CCOC(=O)C(CC1CCCC1)CN(OCc1ccccc1)C(C)=O. The van der Waals surface area contributed by atoms with Crippen molar-refractivity contribution < 1.29 is 19.2 Å². The van der Waals surface area contributed by atoms with E-state index in [1.165, 1.54) is 24.8 Å². The third-order valence-corrected chi connectivity index (χ3v) is 4.68. The Kier molecular flexibility index (Phi) is 7.92. The molecule has 0 spiro atoms. The van der Waals surface area contributed by atoms with Crippen LogP contribution in [0.4, 0.5) is 0 Å². The lowest BCUT2D eigenvalue weighted by atomic mass is 9.93. The molecular formula is C20H29NO4. The monoisotopic (exact) mass is 347 g/mol. The topological polar surface area (TPSA) is 55.8 Å². The number of hydrogen-bond donors (Lipinski definition) is 0. The second kappa shape index (κ2) is 10.2. The number of rotatable bonds is 9. The molecule has 1 aromatic rings. The van der Waals surface area contributed by atoms with Gasteiger partial charge in [0, 0.05) is 6.92 Å². The van der Waals surface area contributed by atoms with Crippen LogP contribution >= 0.6 is 0 Å². The highest BCUT2D eigenvalue weighted by Gasteiger charge is 2.29. The number of esters is 1. The molecule has 1 aliphatic rings. The van der Waals surface area contributed by atoms with Crippen molar-refractivity contribution in [1.29, 1.82) is 0 Å². The highest BCUT2D eigenvalue weighted by atomic mass is 16.7. The number of hydroxylamine groups is 2. The van der Waals surface area contributed by atoms with Gasteiger partial charge in [0.1, 0.15) is 6.61 Å². The van der Waals surface area contributed by atoms with E-state index >= 15 is 0 Å². The standard InChI is InChI=1S/C20H29NO4/c1-3-24-20(23)19(13-17-9-7-8-10-17)14-21(16(2)22)25-15-18-11-5-4-6-12-18/h4-6,11-12,17,19H,3,7-10,13-15H2,1-2H3. The van der Waals surface area contributed by atoms with E-state index in [1.54, 1.807) is 6.92 Å². The highest BCUT2D eigenvalue weighted by Crippen LogP contribution is 2.31. The fourth-order valence-electron chi connectivity index (χ4n) is 3.35. The van der Waals surface area contributed by atoms with Crippen LogP contribution in [0, 0.1) is 11.8 Å². The molecule has 138 valence electrons. The maximum atomic E-state index is 12.3. The van der Waals surface area contributed by atoms with Crippen LogP contribution in [0.25, 0.3) is 0 Å². The Bertz CT molecular complexity index is 540. The maximum Gasteiger partial charge on any atom is 0.310 e. The summed E-state index contributed by atoms with van der Waals surface area (Å²) in [5.74, 6) is -0.222. The number of nitrogens with zero attached hydrogens (tertiary/aromatic N) is 1. The van der Waals surface area contributed by atoms with Crippen LogP contribution in [0.1, 0.15) is 51.5 Å². The fraction of sp³-hybridized carbons (Fsp3) is 0.600. The Balaban J connectivity index is 1.97. The highest BCUT2D eigenvalue weighted by molar-refractivity contribution is 5.75. The van der Waals surface area contributed by atoms with Crippen LogP contribution in [0.2, 0.25) is 0 Å². The molecule has 5 heteroatoms. The molecule has 1 aliphatic carbocycles. The molecule has 5 nitrogen and oxygen atoms in total. The fourth-order valence-corrected chi connectivity index (χ4v) is 3.35. The van der Waals surface area contributed by atoms with E-state index in [9.17, 15) is 9.59 Å². The number of amides is 1. The molecule has 2 rings (SSSR count). The Morgan fingerprint density at radius 1 is 1.20 bits per heavy atom. The molecule has 1 unspecified atom stereocenters. The van der Waals surface area contributed by atoms with E-state index < -0.39 is 0 Å². The van der Waals surface area contributed by atoms with Gasteiger partial charge in [0.15, 0.2) is 0 Å². The predicted molar refractivity (Wildman–Crippen MR) is 95.3 cm³/mol. The van der Waals surface area contributed by atoms with Crippen molar-refractivity contribution in [3.05, 3.63) is 35.9 Å². The lowest BCUT2D eigenvalue weighted by molar-refractivity contribution is -0.195. The lowest BCUT2D eigenvalue weighted by Crippen LogP contribution is -2.38.